The second kappa shape index (κ2) is 7.65. The molecule has 2 N–H and O–H groups in total. The van der Waals surface area contributed by atoms with Gasteiger partial charge in [-0.1, -0.05) is 19.1 Å². The molecule has 0 aromatic heterocycles. The molecule has 1 heterocycles. The van der Waals surface area contributed by atoms with E-state index in [2.05, 4.69) is 24.1 Å². The van der Waals surface area contributed by atoms with Crippen LogP contribution in [-0.2, 0) is 6.42 Å². The lowest BCUT2D eigenvalue weighted by Gasteiger charge is -2.30. The minimum absolute atomic E-state index is 0.351. The van der Waals surface area contributed by atoms with Gasteiger partial charge in [-0.05, 0) is 63.4 Å². The van der Waals surface area contributed by atoms with Crippen LogP contribution < -0.4 is 5.32 Å². The molecule has 0 radical (unpaired) electrons. The zero-order valence-corrected chi connectivity index (χ0v) is 12.8. The fraction of sp³-hybridized carbons (Fsp3) is 0.647. The predicted octanol–water partition coefficient (Wildman–Crippen LogP) is 2.79. The van der Waals surface area contributed by atoms with Crippen LogP contribution in [0.4, 0.5) is 0 Å². The normalized spacial score (nSPS) is 20.4. The third-order valence-electron chi connectivity index (χ3n) is 4.43. The van der Waals surface area contributed by atoms with Crippen LogP contribution in [0.25, 0.3) is 0 Å². The van der Waals surface area contributed by atoms with Gasteiger partial charge in [0.25, 0.3) is 0 Å². The van der Waals surface area contributed by atoms with E-state index in [9.17, 15) is 5.11 Å². The van der Waals surface area contributed by atoms with Gasteiger partial charge in [0.15, 0.2) is 0 Å². The van der Waals surface area contributed by atoms with Crippen molar-refractivity contribution in [1.82, 2.24) is 10.2 Å². The van der Waals surface area contributed by atoms with Gasteiger partial charge < -0.3 is 10.4 Å². The number of phenolic OH excluding ortho intramolecular Hbond substituents is 1. The Morgan fingerprint density at radius 1 is 1.35 bits per heavy atom. The number of nitrogens with zero attached hydrogens (tertiary/aromatic N) is 1. The maximum atomic E-state index is 9.30. The van der Waals surface area contributed by atoms with E-state index in [4.69, 9.17) is 0 Å². The van der Waals surface area contributed by atoms with E-state index < -0.39 is 0 Å². The minimum Gasteiger partial charge on any atom is -0.508 e. The lowest BCUT2D eigenvalue weighted by molar-refractivity contribution is 0.192. The highest BCUT2D eigenvalue weighted by Crippen LogP contribution is 2.15. The molecular formula is C17H28N2O. The molecule has 2 rings (SSSR count). The van der Waals surface area contributed by atoms with Crippen molar-refractivity contribution in [3.05, 3.63) is 29.8 Å². The summed E-state index contributed by atoms with van der Waals surface area (Å²) in [5.41, 5.74) is 1.31. The van der Waals surface area contributed by atoms with Crippen LogP contribution in [0.3, 0.4) is 0 Å². The second-order valence-corrected chi connectivity index (χ2v) is 5.93. The van der Waals surface area contributed by atoms with Crippen molar-refractivity contribution in [2.75, 3.05) is 19.6 Å². The van der Waals surface area contributed by atoms with Crippen LogP contribution in [-0.4, -0.2) is 41.7 Å². The van der Waals surface area contributed by atoms with Crippen molar-refractivity contribution >= 4 is 0 Å². The van der Waals surface area contributed by atoms with E-state index in [1.807, 2.05) is 12.1 Å². The van der Waals surface area contributed by atoms with Crippen LogP contribution in [0.5, 0.6) is 5.75 Å². The fourth-order valence-electron chi connectivity index (χ4n) is 3.04. The van der Waals surface area contributed by atoms with Crippen molar-refractivity contribution in [3.63, 3.8) is 0 Å². The Morgan fingerprint density at radius 3 is 2.70 bits per heavy atom. The number of phenols is 1. The maximum absolute atomic E-state index is 9.30. The van der Waals surface area contributed by atoms with Gasteiger partial charge in [0.2, 0.25) is 0 Å². The second-order valence-electron chi connectivity index (χ2n) is 5.93. The molecule has 2 atom stereocenters. The Morgan fingerprint density at radius 2 is 2.10 bits per heavy atom. The molecule has 2 unspecified atom stereocenters. The zero-order valence-electron chi connectivity index (χ0n) is 12.8. The van der Waals surface area contributed by atoms with E-state index in [1.165, 1.54) is 37.9 Å². The molecule has 0 saturated carbocycles. The number of likely N-dealkylation sites (N-methyl/N-ethyl adjacent to an activating group) is 1. The third kappa shape index (κ3) is 4.50. The van der Waals surface area contributed by atoms with Gasteiger partial charge in [0.1, 0.15) is 5.75 Å². The molecule has 1 saturated heterocycles. The monoisotopic (exact) mass is 276 g/mol. The standard InChI is InChI=1S/C17H28N2O/c1-3-19(13-16-5-4-12-18-16)14(2)6-7-15-8-10-17(20)11-9-15/h8-11,14,16,18,20H,3-7,12-13H2,1-2H3. The molecule has 1 aromatic carbocycles. The first-order valence-electron chi connectivity index (χ1n) is 7.94. The summed E-state index contributed by atoms with van der Waals surface area (Å²) >= 11 is 0. The largest absolute Gasteiger partial charge is 0.508 e. The summed E-state index contributed by atoms with van der Waals surface area (Å²) in [6, 6.07) is 8.90. The number of benzene rings is 1. The number of nitrogens with one attached hydrogen (secondary N) is 1. The Bertz CT molecular complexity index is 384. The molecule has 1 aliphatic heterocycles. The topological polar surface area (TPSA) is 35.5 Å². The summed E-state index contributed by atoms with van der Waals surface area (Å²) in [6.45, 7) is 8.07. The average molecular weight is 276 g/mol. The SMILES string of the molecule is CCN(CC1CCCN1)C(C)CCc1ccc(O)cc1. The highest BCUT2D eigenvalue weighted by Gasteiger charge is 2.20. The zero-order chi connectivity index (χ0) is 14.4. The molecule has 20 heavy (non-hydrogen) atoms. The van der Waals surface area contributed by atoms with Crippen molar-refractivity contribution < 1.29 is 5.11 Å². The molecule has 1 aliphatic rings. The number of hydrogen-bond donors (Lipinski definition) is 2. The van der Waals surface area contributed by atoms with Crippen molar-refractivity contribution in [2.24, 2.45) is 0 Å². The molecule has 1 aromatic rings. The molecular weight excluding hydrogens is 248 g/mol. The predicted molar refractivity (Wildman–Crippen MR) is 84.2 cm³/mol. The van der Waals surface area contributed by atoms with E-state index in [-0.39, 0.29) is 0 Å². The van der Waals surface area contributed by atoms with Gasteiger partial charge >= 0.3 is 0 Å². The first-order chi connectivity index (χ1) is 9.69. The highest BCUT2D eigenvalue weighted by molar-refractivity contribution is 5.25. The molecule has 112 valence electrons. The van der Waals surface area contributed by atoms with Gasteiger partial charge in [0, 0.05) is 18.6 Å². The molecule has 3 nitrogen and oxygen atoms in total. The van der Waals surface area contributed by atoms with Crippen LogP contribution in [0.1, 0.15) is 38.7 Å². The lowest BCUT2D eigenvalue weighted by atomic mass is 10.0. The molecule has 0 bridgehead atoms. The van der Waals surface area contributed by atoms with Crippen LogP contribution in [0.15, 0.2) is 24.3 Å². The van der Waals surface area contributed by atoms with Gasteiger partial charge in [0.05, 0.1) is 0 Å². The minimum atomic E-state index is 0.351. The third-order valence-corrected chi connectivity index (χ3v) is 4.43. The molecule has 3 heteroatoms. The summed E-state index contributed by atoms with van der Waals surface area (Å²) in [5, 5.41) is 12.9. The first-order valence-corrected chi connectivity index (χ1v) is 7.94. The Kier molecular flexibility index (Phi) is 5.86. The van der Waals surface area contributed by atoms with Crippen molar-refractivity contribution in [1.29, 1.82) is 0 Å². The number of aryl methyl sites for hydroxylation is 1. The summed E-state index contributed by atoms with van der Waals surface area (Å²) in [7, 11) is 0. The smallest absolute Gasteiger partial charge is 0.115 e. The van der Waals surface area contributed by atoms with Gasteiger partial charge in [-0.15, -0.1) is 0 Å². The molecule has 0 spiro atoms. The van der Waals surface area contributed by atoms with Crippen molar-refractivity contribution in [2.45, 2.75) is 51.6 Å². The molecule has 0 aliphatic carbocycles. The quantitative estimate of drug-likeness (QED) is 0.804. The average Bonchev–Trinajstić information content (AvgIpc) is 2.97. The Hall–Kier alpha value is -1.06. The lowest BCUT2D eigenvalue weighted by Crippen LogP contribution is -2.42. The maximum Gasteiger partial charge on any atom is 0.115 e. The van der Waals surface area contributed by atoms with Crippen LogP contribution in [0.2, 0.25) is 0 Å². The summed E-state index contributed by atoms with van der Waals surface area (Å²) < 4.78 is 0. The molecule has 0 amide bonds. The molecule has 1 fully saturated rings. The van der Waals surface area contributed by atoms with Crippen LogP contribution in [0, 0.1) is 0 Å². The fourth-order valence-corrected chi connectivity index (χ4v) is 3.04. The summed E-state index contributed by atoms with van der Waals surface area (Å²) in [5.74, 6) is 0.351. The first kappa shape index (κ1) is 15.3. The van der Waals surface area contributed by atoms with E-state index in [0.717, 1.165) is 13.0 Å². The van der Waals surface area contributed by atoms with Gasteiger partial charge in [-0.2, -0.15) is 0 Å². The number of rotatable bonds is 7. The van der Waals surface area contributed by atoms with Crippen LogP contribution >= 0.6 is 0 Å². The highest BCUT2D eigenvalue weighted by atomic mass is 16.3. The number of hydrogen-bond acceptors (Lipinski definition) is 3. The summed E-state index contributed by atoms with van der Waals surface area (Å²) in [6.07, 6.45) is 4.90. The Labute approximate surface area is 123 Å². The van der Waals surface area contributed by atoms with E-state index in [0.29, 0.717) is 17.8 Å². The summed E-state index contributed by atoms with van der Waals surface area (Å²) in [4.78, 5) is 2.59. The van der Waals surface area contributed by atoms with E-state index >= 15 is 0 Å². The Balaban J connectivity index is 1.79. The van der Waals surface area contributed by atoms with Gasteiger partial charge in [-0.25, -0.2) is 0 Å². The van der Waals surface area contributed by atoms with E-state index in [1.54, 1.807) is 12.1 Å². The number of aromatic hydroxyl groups is 1. The van der Waals surface area contributed by atoms with Crippen molar-refractivity contribution in [3.8, 4) is 5.75 Å². The van der Waals surface area contributed by atoms with Gasteiger partial charge in [-0.3, -0.25) is 4.90 Å².